The molecule has 0 amide bonds. The predicted molar refractivity (Wildman–Crippen MR) is 82.3 cm³/mol. The molecule has 8 heteroatoms. The number of nitrogens with one attached hydrogen (secondary N) is 1. The molecule has 1 aromatic carbocycles. The summed E-state index contributed by atoms with van der Waals surface area (Å²) >= 11 is 3.23. The molecule has 0 radical (unpaired) electrons. The number of benzene rings is 1. The van der Waals surface area contributed by atoms with Gasteiger partial charge in [0.2, 0.25) is 10.0 Å². The first kappa shape index (κ1) is 17.6. The van der Waals surface area contributed by atoms with Crippen molar-refractivity contribution in [2.24, 2.45) is 0 Å². The molecule has 114 valence electrons. The SMILES string of the molecule is CC(C)(C)NS(=O)(=O)c1cc(CBr)ccc1S(C)(=O)=O. The smallest absolute Gasteiger partial charge is 0.224 e. The minimum atomic E-state index is -3.91. The van der Waals surface area contributed by atoms with Crippen molar-refractivity contribution in [2.75, 3.05) is 6.26 Å². The minimum absolute atomic E-state index is 0.195. The fraction of sp³-hybridized carbons (Fsp3) is 0.500. The van der Waals surface area contributed by atoms with Crippen LogP contribution in [0.4, 0.5) is 0 Å². The standard InChI is InChI=1S/C12H18BrNO4S2/c1-12(2,3)14-20(17,18)11-7-9(8-13)5-6-10(11)19(4,15)16/h5-7,14H,8H2,1-4H3. The lowest BCUT2D eigenvalue weighted by molar-refractivity contribution is 0.489. The van der Waals surface area contributed by atoms with Crippen LogP contribution in [-0.4, -0.2) is 28.6 Å². The summed E-state index contributed by atoms with van der Waals surface area (Å²) < 4.78 is 50.8. The Labute approximate surface area is 128 Å². The number of halogens is 1. The number of hydrogen-bond donors (Lipinski definition) is 1. The van der Waals surface area contributed by atoms with Crippen LogP contribution in [0.25, 0.3) is 0 Å². The normalized spacial score (nSPS) is 13.4. The van der Waals surface area contributed by atoms with Crippen LogP contribution in [-0.2, 0) is 25.2 Å². The molecule has 1 N–H and O–H groups in total. The highest BCUT2D eigenvalue weighted by molar-refractivity contribution is 9.08. The van der Waals surface area contributed by atoms with Crippen molar-refractivity contribution in [1.29, 1.82) is 0 Å². The highest BCUT2D eigenvalue weighted by atomic mass is 79.9. The zero-order valence-electron chi connectivity index (χ0n) is 11.8. The Morgan fingerprint density at radius 1 is 1.10 bits per heavy atom. The Bertz CT molecular complexity index is 703. The van der Waals surface area contributed by atoms with Crippen LogP contribution >= 0.6 is 15.9 Å². The van der Waals surface area contributed by atoms with E-state index in [2.05, 4.69) is 20.7 Å². The van der Waals surface area contributed by atoms with E-state index in [4.69, 9.17) is 0 Å². The summed E-state index contributed by atoms with van der Waals surface area (Å²) in [6, 6.07) is 4.28. The summed E-state index contributed by atoms with van der Waals surface area (Å²) in [7, 11) is -7.55. The quantitative estimate of drug-likeness (QED) is 0.806. The van der Waals surface area contributed by atoms with Gasteiger partial charge in [-0.1, -0.05) is 22.0 Å². The van der Waals surface area contributed by atoms with Gasteiger partial charge in [0.15, 0.2) is 9.84 Å². The fourth-order valence-corrected chi connectivity index (χ4v) is 5.04. The van der Waals surface area contributed by atoms with E-state index in [1.165, 1.54) is 12.1 Å². The number of rotatable bonds is 4. The van der Waals surface area contributed by atoms with Crippen molar-refractivity contribution in [3.05, 3.63) is 23.8 Å². The van der Waals surface area contributed by atoms with Gasteiger partial charge in [0.25, 0.3) is 0 Å². The molecule has 0 atom stereocenters. The molecule has 0 heterocycles. The Morgan fingerprint density at radius 2 is 1.65 bits per heavy atom. The van der Waals surface area contributed by atoms with Gasteiger partial charge in [0.05, 0.1) is 4.90 Å². The molecule has 1 rings (SSSR count). The van der Waals surface area contributed by atoms with Crippen LogP contribution in [0.2, 0.25) is 0 Å². The number of hydrogen-bond acceptors (Lipinski definition) is 4. The molecule has 0 fully saturated rings. The molecule has 0 bridgehead atoms. The molecule has 0 unspecified atom stereocenters. The lowest BCUT2D eigenvalue weighted by atomic mass is 10.1. The maximum atomic E-state index is 12.4. The first-order valence-corrected chi connectivity index (χ1v) is 10.3. The Kier molecular flexibility index (Phi) is 5.06. The lowest BCUT2D eigenvalue weighted by Gasteiger charge is -2.21. The largest absolute Gasteiger partial charge is 0.242 e. The number of sulfone groups is 1. The summed E-state index contributed by atoms with van der Waals surface area (Å²) in [5.41, 5.74) is -0.00967. The van der Waals surface area contributed by atoms with E-state index in [1.807, 2.05) is 0 Å². The zero-order chi connectivity index (χ0) is 15.8. The summed E-state index contributed by atoms with van der Waals surface area (Å²) in [5.74, 6) is 0. The summed E-state index contributed by atoms with van der Waals surface area (Å²) in [4.78, 5) is -0.411. The third-order valence-electron chi connectivity index (χ3n) is 2.29. The maximum absolute atomic E-state index is 12.4. The third kappa shape index (κ3) is 4.54. The molecule has 0 saturated heterocycles. The van der Waals surface area contributed by atoms with Gasteiger partial charge in [-0.3, -0.25) is 0 Å². The van der Waals surface area contributed by atoms with Crippen molar-refractivity contribution in [2.45, 2.75) is 41.4 Å². The second kappa shape index (κ2) is 5.75. The first-order valence-electron chi connectivity index (χ1n) is 5.80. The highest BCUT2D eigenvalue weighted by Crippen LogP contribution is 2.24. The van der Waals surface area contributed by atoms with Gasteiger partial charge in [0.1, 0.15) is 4.90 Å². The zero-order valence-corrected chi connectivity index (χ0v) is 15.0. The lowest BCUT2D eigenvalue weighted by Crippen LogP contribution is -2.41. The molecule has 0 saturated carbocycles. The fourth-order valence-electron chi connectivity index (χ4n) is 1.61. The monoisotopic (exact) mass is 383 g/mol. The van der Waals surface area contributed by atoms with Gasteiger partial charge < -0.3 is 0 Å². The average molecular weight is 384 g/mol. The van der Waals surface area contributed by atoms with Crippen LogP contribution in [0.3, 0.4) is 0 Å². The van der Waals surface area contributed by atoms with Crippen molar-refractivity contribution >= 4 is 35.8 Å². The van der Waals surface area contributed by atoms with Crippen LogP contribution in [0, 0.1) is 0 Å². The number of alkyl halides is 1. The maximum Gasteiger partial charge on any atom is 0.242 e. The molecule has 1 aromatic rings. The van der Waals surface area contributed by atoms with E-state index < -0.39 is 25.4 Å². The molecule has 0 spiro atoms. The second-order valence-corrected chi connectivity index (χ2v) is 9.74. The third-order valence-corrected chi connectivity index (χ3v) is 6.02. The van der Waals surface area contributed by atoms with Gasteiger partial charge >= 0.3 is 0 Å². The molecule has 0 aliphatic carbocycles. The molecule has 0 aromatic heterocycles. The molecule has 20 heavy (non-hydrogen) atoms. The van der Waals surface area contributed by atoms with E-state index in [0.717, 1.165) is 6.26 Å². The summed E-state index contributed by atoms with van der Waals surface area (Å²) in [6.45, 7) is 5.08. The minimum Gasteiger partial charge on any atom is -0.224 e. The van der Waals surface area contributed by atoms with Gasteiger partial charge in [-0.25, -0.2) is 21.6 Å². The van der Waals surface area contributed by atoms with Crippen molar-refractivity contribution < 1.29 is 16.8 Å². The predicted octanol–water partition coefficient (Wildman–Crippen LogP) is 2.06. The Balaban J connectivity index is 3.57. The average Bonchev–Trinajstić information content (AvgIpc) is 2.23. The van der Waals surface area contributed by atoms with E-state index in [-0.39, 0.29) is 9.79 Å². The van der Waals surface area contributed by atoms with E-state index in [9.17, 15) is 16.8 Å². The first-order chi connectivity index (χ1) is 8.87. The van der Waals surface area contributed by atoms with Crippen LogP contribution < -0.4 is 4.72 Å². The molecule has 5 nitrogen and oxygen atoms in total. The molecule has 0 aliphatic rings. The van der Waals surface area contributed by atoms with Gasteiger partial charge in [0, 0.05) is 17.1 Å². The number of sulfonamides is 1. The van der Waals surface area contributed by atoms with Crippen molar-refractivity contribution in [3.63, 3.8) is 0 Å². The molecule has 0 aliphatic heterocycles. The van der Waals surface area contributed by atoms with Crippen LogP contribution in [0.15, 0.2) is 28.0 Å². The van der Waals surface area contributed by atoms with Crippen molar-refractivity contribution in [3.8, 4) is 0 Å². The van der Waals surface area contributed by atoms with Gasteiger partial charge in [-0.15, -0.1) is 0 Å². The summed E-state index contributed by atoms with van der Waals surface area (Å²) in [5, 5.41) is 0.440. The van der Waals surface area contributed by atoms with Gasteiger partial charge in [-0.05, 0) is 38.5 Å². The molecular weight excluding hydrogens is 366 g/mol. The van der Waals surface area contributed by atoms with Gasteiger partial charge in [-0.2, -0.15) is 0 Å². The Morgan fingerprint density at radius 3 is 2.05 bits per heavy atom. The highest BCUT2D eigenvalue weighted by Gasteiger charge is 2.28. The van der Waals surface area contributed by atoms with Crippen molar-refractivity contribution in [1.82, 2.24) is 4.72 Å². The van der Waals surface area contributed by atoms with E-state index in [0.29, 0.717) is 10.9 Å². The molecular formula is C12H18BrNO4S2. The van der Waals surface area contributed by atoms with Crippen LogP contribution in [0.1, 0.15) is 26.3 Å². The van der Waals surface area contributed by atoms with E-state index >= 15 is 0 Å². The van der Waals surface area contributed by atoms with Crippen LogP contribution in [0.5, 0.6) is 0 Å². The topological polar surface area (TPSA) is 80.3 Å². The summed E-state index contributed by atoms with van der Waals surface area (Å²) in [6.07, 6.45) is 0.992. The second-order valence-electron chi connectivity index (χ2n) is 5.54. The van der Waals surface area contributed by atoms with E-state index in [1.54, 1.807) is 26.8 Å². The Hall–Kier alpha value is -0.440.